The normalized spacial score (nSPS) is 26.7. The molecule has 1 aromatic heterocycles. The Morgan fingerprint density at radius 2 is 2.43 bits per heavy atom. The molecule has 0 saturated carbocycles. The van der Waals surface area contributed by atoms with Gasteiger partial charge in [-0.1, -0.05) is 0 Å². The van der Waals surface area contributed by atoms with Gasteiger partial charge in [0.25, 0.3) is 0 Å². The molecule has 1 saturated heterocycles. The molecule has 0 amide bonds. The SMILES string of the molecule is NCC1CNNC1c1cncc(F)c1. The van der Waals surface area contributed by atoms with Crippen molar-refractivity contribution in [1.29, 1.82) is 0 Å². The van der Waals surface area contributed by atoms with Gasteiger partial charge in [-0.25, -0.2) is 9.82 Å². The first-order valence-corrected chi connectivity index (χ1v) is 4.60. The highest BCUT2D eigenvalue weighted by Gasteiger charge is 2.27. The molecular formula is C9H13FN4. The van der Waals surface area contributed by atoms with E-state index in [9.17, 15) is 4.39 Å². The lowest BCUT2D eigenvalue weighted by molar-refractivity contribution is 0.478. The maximum absolute atomic E-state index is 12.9. The van der Waals surface area contributed by atoms with Crippen LogP contribution in [0.15, 0.2) is 18.5 Å². The second kappa shape index (κ2) is 4.00. The highest BCUT2D eigenvalue weighted by molar-refractivity contribution is 5.17. The van der Waals surface area contributed by atoms with E-state index in [4.69, 9.17) is 5.73 Å². The lowest BCUT2D eigenvalue weighted by Crippen LogP contribution is -2.26. The van der Waals surface area contributed by atoms with Gasteiger partial charge in [-0.2, -0.15) is 0 Å². The van der Waals surface area contributed by atoms with Crippen molar-refractivity contribution in [2.75, 3.05) is 13.1 Å². The van der Waals surface area contributed by atoms with Gasteiger partial charge < -0.3 is 5.73 Å². The zero-order chi connectivity index (χ0) is 9.97. The molecule has 0 spiro atoms. The maximum atomic E-state index is 12.9. The van der Waals surface area contributed by atoms with Crippen LogP contribution in [-0.4, -0.2) is 18.1 Å². The third-order valence-corrected chi connectivity index (χ3v) is 2.48. The Balaban J connectivity index is 2.21. The van der Waals surface area contributed by atoms with Crippen LogP contribution in [0.3, 0.4) is 0 Å². The minimum Gasteiger partial charge on any atom is -0.330 e. The largest absolute Gasteiger partial charge is 0.330 e. The number of hydrogen-bond donors (Lipinski definition) is 3. The first-order valence-electron chi connectivity index (χ1n) is 4.60. The Kier molecular flexibility index (Phi) is 2.72. The van der Waals surface area contributed by atoms with E-state index in [1.54, 1.807) is 6.20 Å². The second-order valence-electron chi connectivity index (χ2n) is 3.44. The molecule has 4 N–H and O–H groups in total. The fourth-order valence-corrected chi connectivity index (χ4v) is 1.71. The molecule has 2 rings (SSSR count). The Morgan fingerprint density at radius 3 is 3.14 bits per heavy atom. The predicted molar refractivity (Wildman–Crippen MR) is 50.6 cm³/mol. The summed E-state index contributed by atoms with van der Waals surface area (Å²) in [6.07, 6.45) is 2.86. The minimum absolute atomic E-state index is 0.0585. The van der Waals surface area contributed by atoms with E-state index >= 15 is 0 Å². The van der Waals surface area contributed by atoms with Crippen LogP contribution in [0, 0.1) is 11.7 Å². The van der Waals surface area contributed by atoms with Crippen molar-refractivity contribution in [3.8, 4) is 0 Å². The van der Waals surface area contributed by atoms with Gasteiger partial charge in [-0.15, -0.1) is 0 Å². The molecule has 0 bridgehead atoms. The third kappa shape index (κ3) is 1.75. The molecule has 2 atom stereocenters. The van der Waals surface area contributed by atoms with E-state index in [1.807, 2.05) is 0 Å². The van der Waals surface area contributed by atoms with Gasteiger partial charge in [0.05, 0.1) is 12.2 Å². The molecule has 0 radical (unpaired) electrons. The average molecular weight is 196 g/mol. The molecule has 2 heterocycles. The number of pyridine rings is 1. The summed E-state index contributed by atoms with van der Waals surface area (Å²) in [5.41, 5.74) is 12.5. The summed E-state index contributed by atoms with van der Waals surface area (Å²) in [7, 11) is 0. The summed E-state index contributed by atoms with van der Waals surface area (Å²) in [6, 6.07) is 1.54. The number of hydrogen-bond acceptors (Lipinski definition) is 4. The minimum atomic E-state index is -0.313. The van der Waals surface area contributed by atoms with Crippen LogP contribution in [0.5, 0.6) is 0 Å². The van der Waals surface area contributed by atoms with Gasteiger partial charge in [0, 0.05) is 18.7 Å². The summed E-state index contributed by atoms with van der Waals surface area (Å²) in [6.45, 7) is 1.37. The Morgan fingerprint density at radius 1 is 1.57 bits per heavy atom. The molecule has 0 aromatic carbocycles. The van der Waals surface area contributed by atoms with Crippen molar-refractivity contribution in [2.24, 2.45) is 11.7 Å². The summed E-state index contributed by atoms with van der Waals surface area (Å²) in [4.78, 5) is 3.81. The molecule has 14 heavy (non-hydrogen) atoms. The van der Waals surface area contributed by atoms with Crippen molar-refractivity contribution in [2.45, 2.75) is 6.04 Å². The van der Waals surface area contributed by atoms with E-state index in [0.29, 0.717) is 12.5 Å². The van der Waals surface area contributed by atoms with Gasteiger partial charge in [-0.05, 0) is 18.2 Å². The zero-order valence-corrected chi connectivity index (χ0v) is 7.70. The number of nitrogens with one attached hydrogen (secondary N) is 2. The number of halogens is 1. The van der Waals surface area contributed by atoms with Crippen molar-refractivity contribution in [3.05, 3.63) is 29.8 Å². The van der Waals surface area contributed by atoms with Crippen LogP contribution in [-0.2, 0) is 0 Å². The quantitative estimate of drug-likeness (QED) is 0.620. The molecule has 1 fully saturated rings. The topological polar surface area (TPSA) is 63.0 Å². The second-order valence-corrected chi connectivity index (χ2v) is 3.44. The third-order valence-electron chi connectivity index (χ3n) is 2.48. The molecule has 1 aliphatic heterocycles. The number of hydrazine groups is 1. The summed E-state index contributed by atoms with van der Waals surface area (Å²) in [5.74, 6) is -0.0226. The first kappa shape index (κ1) is 9.51. The van der Waals surface area contributed by atoms with Crippen LogP contribution in [0.1, 0.15) is 11.6 Å². The molecule has 1 aliphatic rings. The molecule has 4 nitrogen and oxygen atoms in total. The molecule has 5 heteroatoms. The Labute approximate surface area is 81.7 Å². The Hall–Kier alpha value is -1.04. The highest BCUT2D eigenvalue weighted by Crippen LogP contribution is 2.23. The van der Waals surface area contributed by atoms with Crippen LogP contribution in [0.4, 0.5) is 4.39 Å². The molecule has 0 aliphatic carbocycles. The van der Waals surface area contributed by atoms with Gasteiger partial charge in [0.2, 0.25) is 0 Å². The number of aromatic nitrogens is 1. The lowest BCUT2D eigenvalue weighted by atomic mass is 9.96. The van der Waals surface area contributed by atoms with Gasteiger partial charge in [0.1, 0.15) is 5.82 Å². The van der Waals surface area contributed by atoms with E-state index in [-0.39, 0.29) is 11.9 Å². The molecule has 76 valence electrons. The molecule has 1 aromatic rings. The van der Waals surface area contributed by atoms with Crippen LogP contribution in [0.2, 0.25) is 0 Å². The van der Waals surface area contributed by atoms with Crippen molar-refractivity contribution in [3.63, 3.8) is 0 Å². The number of nitrogens with zero attached hydrogens (tertiary/aromatic N) is 1. The van der Waals surface area contributed by atoms with E-state index in [1.165, 1.54) is 12.3 Å². The zero-order valence-electron chi connectivity index (χ0n) is 7.70. The van der Waals surface area contributed by atoms with Gasteiger partial charge >= 0.3 is 0 Å². The number of rotatable bonds is 2. The van der Waals surface area contributed by atoms with Crippen LogP contribution in [0.25, 0.3) is 0 Å². The van der Waals surface area contributed by atoms with Gasteiger partial charge in [0.15, 0.2) is 0 Å². The maximum Gasteiger partial charge on any atom is 0.141 e. The number of nitrogens with two attached hydrogens (primary N) is 1. The standard InChI is InChI=1S/C9H13FN4/c10-8-1-6(3-12-5-8)9-7(2-11)4-13-14-9/h1,3,5,7,9,13-14H,2,4,11H2. The van der Waals surface area contributed by atoms with Gasteiger partial charge in [-0.3, -0.25) is 10.4 Å². The van der Waals surface area contributed by atoms with Crippen LogP contribution >= 0.6 is 0 Å². The highest BCUT2D eigenvalue weighted by atomic mass is 19.1. The Bertz CT molecular complexity index is 317. The molecule has 2 unspecified atom stereocenters. The van der Waals surface area contributed by atoms with E-state index in [0.717, 1.165) is 12.1 Å². The van der Waals surface area contributed by atoms with E-state index < -0.39 is 0 Å². The van der Waals surface area contributed by atoms with Crippen molar-refractivity contribution >= 4 is 0 Å². The predicted octanol–water partition coefficient (Wildman–Crippen LogP) is -0.0555. The summed E-state index contributed by atoms with van der Waals surface area (Å²) < 4.78 is 12.9. The monoisotopic (exact) mass is 196 g/mol. The fourth-order valence-electron chi connectivity index (χ4n) is 1.71. The smallest absolute Gasteiger partial charge is 0.141 e. The van der Waals surface area contributed by atoms with Crippen LogP contribution < -0.4 is 16.6 Å². The first-order chi connectivity index (χ1) is 6.81. The average Bonchev–Trinajstić information content (AvgIpc) is 2.65. The molecular weight excluding hydrogens is 183 g/mol. The summed E-state index contributed by atoms with van der Waals surface area (Å²) in [5, 5.41) is 0. The lowest BCUT2D eigenvalue weighted by Gasteiger charge is -2.16. The fraction of sp³-hybridized carbons (Fsp3) is 0.444. The van der Waals surface area contributed by atoms with Crippen molar-refractivity contribution < 1.29 is 4.39 Å². The van der Waals surface area contributed by atoms with Crippen molar-refractivity contribution in [1.82, 2.24) is 15.8 Å². The van der Waals surface area contributed by atoms with E-state index in [2.05, 4.69) is 15.8 Å². The summed E-state index contributed by atoms with van der Waals surface area (Å²) >= 11 is 0.